The van der Waals surface area contributed by atoms with E-state index >= 15 is 0 Å². The smallest absolute Gasteiger partial charge is 0.148 e. The largest absolute Gasteiger partial charge is 0.293 e. The molecule has 20 heavy (non-hydrogen) atoms. The average molecular weight is 310 g/mol. The van der Waals surface area contributed by atoms with Crippen molar-refractivity contribution in [3.63, 3.8) is 0 Å². The van der Waals surface area contributed by atoms with Gasteiger partial charge in [0.15, 0.2) is 0 Å². The highest BCUT2D eigenvalue weighted by molar-refractivity contribution is 7.90. The van der Waals surface area contributed by atoms with Crippen molar-refractivity contribution in [2.45, 2.75) is 18.9 Å². The maximum Gasteiger partial charge on any atom is 0.148 e. The number of likely N-dealkylation sites (tertiary alicyclic amines) is 1. The van der Waals surface area contributed by atoms with Crippen molar-refractivity contribution >= 4 is 31.4 Å². The van der Waals surface area contributed by atoms with Crippen molar-refractivity contribution in [1.29, 1.82) is 0 Å². The summed E-state index contributed by atoms with van der Waals surface area (Å²) < 4.78 is 23.9. The van der Waals surface area contributed by atoms with Crippen LogP contribution in [0.1, 0.15) is 23.9 Å². The Hall–Kier alpha value is -0.980. The summed E-state index contributed by atoms with van der Waals surface area (Å²) in [7, 11) is -2.90. The Kier molecular flexibility index (Phi) is 3.79. The Morgan fingerprint density at radius 1 is 1.40 bits per heavy atom. The molecular weight excluding hydrogens is 292 g/mol. The molecule has 1 fully saturated rings. The molecule has 108 valence electrons. The highest BCUT2D eigenvalue weighted by Gasteiger charge is 2.28. The number of sulfone groups is 1. The molecule has 0 amide bonds. The van der Waals surface area contributed by atoms with E-state index < -0.39 is 9.84 Å². The Morgan fingerprint density at radius 3 is 2.95 bits per heavy atom. The number of hydrogen-bond acceptors (Lipinski definition) is 5. The number of hydrogen-bond donors (Lipinski definition) is 0. The van der Waals surface area contributed by atoms with Crippen molar-refractivity contribution in [1.82, 2.24) is 9.88 Å². The van der Waals surface area contributed by atoms with Gasteiger partial charge in [0, 0.05) is 12.8 Å². The maximum absolute atomic E-state index is 11.3. The zero-order valence-electron chi connectivity index (χ0n) is 11.4. The third-order valence-electron chi connectivity index (χ3n) is 3.71. The quantitative estimate of drug-likeness (QED) is 0.870. The van der Waals surface area contributed by atoms with E-state index in [2.05, 4.69) is 11.0 Å². The van der Waals surface area contributed by atoms with Crippen molar-refractivity contribution in [3.05, 3.63) is 29.3 Å². The summed E-state index contributed by atoms with van der Waals surface area (Å²) in [6.45, 7) is 1.58. The molecule has 6 heteroatoms. The van der Waals surface area contributed by atoms with E-state index in [9.17, 15) is 8.42 Å². The molecule has 1 atom stereocenters. The van der Waals surface area contributed by atoms with Crippen molar-refractivity contribution in [3.8, 4) is 0 Å². The molecule has 4 nitrogen and oxygen atoms in total. The normalized spacial score (nSPS) is 20.8. The first kappa shape index (κ1) is 14.0. The van der Waals surface area contributed by atoms with Gasteiger partial charge >= 0.3 is 0 Å². The molecule has 1 saturated heterocycles. The first-order chi connectivity index (χ1) is 9.53. The van der Waals surface area contributed by atoms with Gasteiger partial charge < -0.3 is 0 Å². The third-order valence-corrected chi connectivity index (χ3v) is 5.77. The van der Waals surface area contributed by atoms with Crippen LogP contribution in [0.2, 0.25) is 0 Å². The summed E-state index contributed by atoms with van der Waals surface area (Å²) in [6.07, 6.45) is 3.49. The van der Waals surface area contributed by atoms with E-state index in [-0.39, 0.29) is 11.8 Å². The summed E-state index contributed by atoms with van der Waals surface area (Å²) in [6, 6.07) is 8.44. The van der Waals surface area contributed by atoms with Gasteiger partial charge in [0.05, 0.1) is 22.0 Å². The lowest BCUT2D eigenvalue weighted by Gasteiger charge is -2.22. The molecule has 0 saturated carbocycles. The third kappa shape index (κ3) is 3.02. The van der Waals surface area contributed by atoms with E-state index in [4.69, 9.17) is 4.98 Å². The highest BCUT2D eigenvalue weighted by Crippen LogP contribution is 2.36. The number of nitrogens with zero attached hydrogens (tertiary/aromatic N) is 2. The van der Waals surface area contributed by atoms with Gasteiger partial charge in [-0.15, -0.1) is 11.3 Å². The molecule has 0 spiro atoms. The van der Waals surface area contributed by atoms with Crippen LogP contribution in [-0.4, -0.2) is 43.4 Å². The summed E-state index contributed by atoms with van der Waals surface area (Å²) in [4.78, 5) is 6.98. The van der Waals surface area contributed by atoms with E-state index in [1.54, 1.807) is 11.3 Å². The fraction of sp³-hybridized carbons (Fsp3) is 0.500. The molecular formula is C14H18N2O2S2. The fourth-order valence-corrected chi connectivity index (χ4v) is 4.39. The molecule has 0 bridgehead atoms. The number of rotatable bonds is 4. The topological polar surface area (TPSA) is 50.3 Å². The fourth-order valence-electron chi connectivity index (χ4n) is 2.69. The van der Waals surface area contributed by atoms with Crippen LogP contribution >= 0.6 is 11.3 Å². The molecule has 2 aromatic rings. The van der Waals surface area contributed by atoms with E-state index in [1.165, 1.54) is 11.0 Å². The zero-order chi connectivity index (χ0) is 14.2. The van der Waals surface area contributed by atoms with Gasteiger partial charge in [-0.05, 0) is 31.5 Å². The predicted octanol–water partition coefficient (Wildman–Crippen LogP) is 2.48. The maximum atomic E-state index is 11.3. The molecule has 0 N–H and O–H groups in total. The number of benzene rings is 1. The molecule has 3 rings (SSSR count). The van der Waals surface area contributed by atoms with Crippen LogP contribution in [0.4, 0.5) is 0 Å². The second kappa shape index (κ2) is 5.42. The van der Waals surface area contributed by atoms with Gasteiger partial charge in [-0.25, -0.2) is 13.4 Å². The number of thiazole rings is 1. The molecule has 2 heterocycles. The van der Waals surface area contributed by atoms with Crippen molar-refractivity contribution in [2.24, 2.45) is 0 Å². The Labute approximate surface area is 123 Å². The Morgan fingerprint density at radius 2 is 2.20 bits per heavy atom. The lowest BCUT2D eigenvalue weighted by Crippen LogP contribution is -2.28. The van der Waals surface area contributed by atoms with Gasteiger partial charge in [-0.2, -0.15) is 0 Å². The Balaban J connectivity index is 1.81. The minimum atomic E-state index is -2.90. The van der Waals surface area contributed by atoms with Crippen LogP contribution < -0.4 is 0 Å². The predicted molar refractivity (Wildman–Crippen MR) is 82.9 cm³/mol. The summed E-state index contributed by atoms with van der Waals surface area (Å²) in [5.74, 6) is 0.231. The Bertz CT molecular complexity index is 676. The lowest BCUT2D eigenvalue weighted by atomic mass is 10.2. The molecule has 1 aromatic heterocycles. The summed E-state index contributed by atoms with van der Waals surface area (Å²) in [5, 5.41) is 1.12. The zero-order valence-corrected chi connectivity index (χ0v) is 13.1. The number of fused-ring (bicyclic) bond motifs is 1. The highest BCUT2D eigenvalue weighted by atomic mass is 32.2. The van der Waals surface area contributed by atoms with Crippen LogP contribution in [-0.2, 0) is 9.84 Å². The molecule has 1 aliphatic rings. The van der Waals surface area contributed by atoms with Crippen LogP contribution in [0.5, 0.6) is 0 Å². The van der Waals surface area contributed by atoms with E-state index in [0.717, 1.165) is 29.9 Å². The van der Waals surface area contributed by atoms with Crippen LogP contribution in [0.25, 0.3) is 10.2 Å². The molecule has 1 aromatic carbocycles. The summed E-state index contributed by atoms with van der Waals surface area (Å²) in [5.41, 5.74) is 1.04. The molecule has 0 aliphatic carbocycles. The van der Waals surface area contributed by atoms with Crippen LogP contribution in [0.15, 0.2) is 24.3 Å². The van der Waals surface area contributed by atoms with Gasteiger partial charge in [-0.3, -0.25) is 4.90 Å². The molecule has 0 radical (unpaired) electrons. The lowest BCUT2D eigenvalue weighted by molar-refractivity contribution is 0.272. The minimum Gasteiger partial charge on any atom is -0.293 e. The SMILES string of the molecule is CS(=O)(=O)CCN1CCC[C@H]1c1nc2ccccc2s1. The number of para-hydroxylation sites is 1. The minimum absolute atomic E-state index is 0.231. The van der Waals surface area contributed by atoms with E-state index in [1.807, 2.05) is 18.2 Å². The number of aromatic nitrogens is 1. The standard InChI is InChI=1S/C14H18N2O2S2/c1-20(17,18)10-9-16-8-4-6-12(16)14-15-11-5-2-3-7-13(11)19-14/h2-3,5,7,12H,4,6,8-10H2,1H3/t12-/m0/s1. The monoisotopic (exact) mass is 310 g/mol. The summed E-state index contributed by atoms with van der Waals surface area (Å²) >= 11 is 1.73. The van der Waals surface area contributed by atoms with Crippen molar-refractivity contribution in [2.75, 3.05) is 25.1 Å². The first-order valence-electron chi connectivity index (χ1n) is 6.80. The van der Waals surface area contributed by atoms with Gasteiger partial charge in [0.25, 0.3) is 0 Å². The molecule has 0 unspecified atom stereocenters. The van der Waals surface area contributed by atoms with Gasteiger partial charge in [0.1, 0.15) is 14.8 Å². The average Bonchev–Trinajstić information content (AvgIpc) is 3.01. The second-order valence-electron chi connectivity index (χ2n) is 5.34. The van der Waals surface area contributed by atoms with Gasteiger partial charge in [0.2, 0.25) is 0 Å². The van der Waals surface area contributed by atoms with E-state index in [0.29, 0.717) is 6.54 Å². The van der Waals surface area contributed by atoms with Gasteiger partial charge in [-0.1, -0.05) is 12.1 Å². The van der Waals surface area contributed by atoms with Crippen molar-refractivity contribution < 1.29 is 8.42 Å². The van der Waals surface area contributed by atoms with Crippen LogP contribution in [0.3, 0.4) is 0 Å². The van der Waals surface area contributed by atoms with Crippen LogP contribution in [0, 0.1) is 0 Å². The molecule has 1 aliphatic heterocycles. The second-order valence-corrected chi connectivity index (χ2v) is 8.67. The first-order valence-corrected chi connectivity index (χ1v) is 9.68.